The molecule has 0 saturated heterocycles. The van der Waals surface area contributed by atoms with Gasteiger partial charge in [-0.2, -0.15) is 5.26 Å². The van der Waals surface area contributed by atoms with Crippen molar-refractivity contribution in [3.8, 4) is 6.07 Å². The molecule has 14 heavy (non-hydrogen) atoms. The zero-order chi connectivity index (χ0) is 10.1. The number of hydrogen-bond acceptors (Lipinski definition) is 3. The standard InChI is InChI=1S/C10H4FNOS/c11-8-1-6(3-12)2-9-10(8)7(4-13)5-14-9/h1-2,4-5H. The summed E-state index contributed by atoms with van der Waals surface area (Å²) in [4.78, 5) is 10.6. The molecule has 0 saturated carbocycles. The fourth-order valence-electron chi connectivity index (χ4n) is 1.29. The van der Waals surface area contributed by atoms with E-state index < -0.39 is 5.82 Å². The predicted octanol–water partition coefficient (Wildman–Crippen LogP) is 2.72. The van der Waals surface area contributed by atoms with Crippen molar-refractivity contribution in [1.29, 1.82) is 5.26 Å². The zero-order valence-electron chi connectivity index (χ0n) is 6.95. The van der Waals surface area contributed by atoms with Gasteiger partial charge in [0.15, 0.2) is 6.29 Å². The highest BCUT2D eigenvalue weighted by Crippen LogP contribution is 2.28. The van der Waals surface area contributed by atoms with Gasteiger partial charge in [-0.15, -0.1) is 11.3 Å². The number of aldehydes is 1. The van der Waals surface area contributed by atoms with Crippen LogP contribution in [0.25, 0.3) is 10.1 Å². The van der Waals surface area contributed by atoms with Crippen molar-refractivity contribution in [2.45, 2.75) is 0 Å². The molecule has 2 rings (SSSR count). The first kappa shape index (κ1) is 8.85. The highest BCUT2D eigenvalue weighted by Gasteiger charge is 2.09. The van der Waals surface area contributed by atoms with E-state index in [1.807, 2.05) is 6.07 Å². The Labute approximate surface area is 83.2 Å². The lowest BCUT2D eigenvalue weighted by atomic mass is 10.1. The van der Waals surface area contributed by atoms with Crippen LogP contribution < -0.4 is 0 Å². The second-order valence-corrected chi connectivity index (χ2v) is 3.66. The lowest BCUT2D eigenvalue weighted by Crippen LogP contribution is -1.83. The second kappa shape index (κ2) is 3.20. The van der Waals surface area contributed by atoms with Crippen molar-refractivity contribution < 1.29 is 9.18 Å². The van der Waals surface area contributed by atoms with Gasteiger partial charge in [0.25, 0.3) is 0 Å². The van der Waals surface area contributed by atoms with Gasteiger partial charge in [-0.05, 0) is 12.1 Å². The lowest BCUT2D eigenvalue weighted by Gasteiger charge is -1.94. The molecule has 0 aliphatic carbocycles. The number of carbonyl (C=O) groups is 1. The molecular formula is C10H4FNOS. The van der Waals surface area contributed by atoms with Gasteiger partial charge >= 0.3 is 0 Å². The Morgan fingerprint density at radius 2 is 2.29 bits per heavy atom. The third-order valence-corrected chi connectivity index (χ3v) is 2.86. The summed E-state index contributed by atoms with van der Waals surface area (Å²) in [7, 11) is 0. The Bertz CT molecular complexity index is 553. The minimum atomic E-state index is -0.512. The predicted molar refractivity (Wildman–Crippen MR) is 51.9 cm³/mol. The van der Waals surface area contributed by atoms with E-state index in [9.17, 15) is 9.18 Å². The van der Waals surface area contributed by atoms with Gasteiger partial charge < -0.3 is 0 Å². The van der Waals surface area contributed by atoms with Gasteiger partial charge in [0.2, 0.25) is 0 Å². The van der Waals surface area contributed by atoms with Gasteiger partial charge in [0, 0.05) is 21.0 Å². The number of thiophene rings is 1. The molecule has 0 N–H and O–H groups in total. The Balaban J connectivity index is 2.87. The van der Waals surface area contributed by atoms with Crippen LogP contribution in [0.15, 0.2) is 17.5 Å². The minimum Gasteiger partial charge on any atom is -0.298 e. The number of fused-ring (bicyclic) bond motifs is 1. The van der Waals surface area contributed by atoms with E-state index in [0.29, 0.717) is 21.9 Å². The largest absolute Gasteiger partial charge is 0.298 e. The molecule has 4 heteroatoms. The Kier molecular flexibility index (Phi) is 2.02. The fourth-order valence-corrected chi connectivity index (χ4v) is 2.25. The van der Waals surface area contributed by atoms with Crippen molar-refractivity contribution in [2.24, 2.45) is 0 Å². The molecule has 68 valence electrons. The highest BCUT2D eigenvalue weighted by atomic mass is 32.1. The summed E-state index contributed by atoms with van der Waals surface area (Å²) in [5.41, 5.74) is 0.612. The molecule has 1 aromatic heterocycles. The van der Waals surface area contributed by atoms with Crippen LogP contribution >= 0.6 is 11.3 Å². The van der Waals surface area contributed by atoms with Crippen LogP contribution in [-0.2, 0) is 0 Å². The topological polar surface area (TPSA) is 40.9 Å². The quantitative estimate of drug-likeness (QED) is 0.671. The van der Waals surface area contributed by atoms with Crippen molar-refractivity contribution in [1.82, 2.24) is 0 Å². The molecule has 0 radical (unpaired) electrons. The molecular weight excluding hydrogens is 201 g/mol. The molecule has 0 aliphatic heterocycles. The Morgan fingerprint density at radius 3 is 2.93 bits per heavy atom. The summed E-state index contributed by atoms with van der Waals surface area (Å²) in [6.45, 7) is 0. The van der Waals surface area contributed by atoms with Crippen LogP contribution in [0.4, 0.5) is 4.39 Å². The third-order valence-electron chi connectivity index (χ3n) is 1.91. The lowest BCUT2D eigenvalue weighted by molar-refractivity contribution is 0.112. The minimum absolute atomic E-state index is 0.272. The van der Waals surface area contributed by atoms with Gasteiger partial charge in [0.05, 0.1) is 11.6 Å². The molecule has 2 nitrogen and oxygen atoms in total. The average molecular weight is 205 g/mol. The number of hydrogen-bond donors (Lipinski definition) is 0. The second-order valence-electron chi connectivity index (χ2n) is 2.75. The zero-order valence-corrected chi connectivity index (χ0v) is 7.77. The molecule has 0 atom stereocenters. The SMILES string of the molecule is N#Cc1cc(F)c2c(C=O)csc2c1. The number of nitrogens with zero attached hydrogens (tertiary/aromatic N) is 1. The normalized spacial score (nSPS) is 10.0. The summed E-state index contributed by atoms with van der Waals surface area (Å²) in [5, 5.41) is 10.5. The van der Waals surface area contributed by atoms with E-state index >= 15 is 0 Å². The number of halogens is 1. The summed E-state index contributed by atoms with van der Waals surface area (Å²) in [6, 6.07) is 4.59. The Morgan fingerprint density at radius 1 is 1.50 bits per heavy atom. The average Bonchev–Trinajstić information content (AvgIpc) is 2.61. The summed E-state index contributed by atoms with van der Waals surface area (Å²) in [5.74, 6) is -0.512. The smallest absolute Gasteiger partial charge is 0.151 e. The number of nitriles is 1. The van der Waals surface area contributed by atoms with Crippen LogP contribution in [0.1, 0.15) is 15.9 Å². The first-order valence-corrected chi connectivity index (χ1v) is 4.70. The van der Waals surface area contributed by atoms with E-state index in [1.54, 1.807) is 11.4 Å². The van der Waals surface area contributed by atoms with Gasteiger partial charge in [0.1, 0.15) is 5.82 Å². The third kappa shape index (κ3) is 1.19. The van der Waals surface area contributed by atoms with Crippen LogP contribution in [-0.4, -0.2) is 6.29 Å². The number of benzene rings is 1. The monoisotopic (exact) mass is 205 g/mol. The maximum Gasteiger partial charge on any atom is 0.151 e. The molecule has 0 fully saturated rings. The van der Waals surface area contributed by atoms with E-state index in [0.717, 1.165) is 6.07 Å². The summed E-state index contributed by atoms with van der Waals surface area (Å²) in [6.07, 6.45) is 0.619. The van der Waals surface area contributed by atoms with Gasteiger partial charge in [-0.3, -0.25) is 4.79 Å². The van der Waals surface area contributed by atoms with Crippen molar-refractivity contribution in [3.05, 3.63) is 34.5 Å². The molecule has 2 aromatic rings. The van der Waals surface area contributed by atoms with Gasteiger partial charge in [-0.25, -0.2) is 4.39 Å². The van der Waals surface area contributed by atoms with Crippen LogP contribution in [0.3, 0.4) is 0 Å². The molecule has 1 heterocycles. The van der Waals surface area contributed by atoms with Crippen molar-refractivity contribution in [3.63, 3.8) is 0 Å². The van der Waals surface area contributed by atoms with Crippen LogP contribution in [0, 0.1) is 17.1 Å². The Hall–Kier alpha value is -1.73. The fraction of sp³-hybridized carbons (Fsp3) is 0. The van der Waals surface area contributed by atoms with Crippen molar-refractivity contribution >= 4 is 27.7 Å². The maximum atomic E-state index is 13.4. The molecule has 0 spiro atoms. The molecule has 0 amide bonds. The van der Waals surface area contributed by atoms with E-state index in [2.05, 4.69) is 0 Å². The van der Waals surface area contributed by atoms with Crippen LogP contribution in [0.5, 0.6) is 0 Å². The highest BCUT2D eigenvalue weighted by molar-refractivity contribution is 7.17. The van der Waals surface area contributed by atoms with E-state index in [-0.39, 0.29) is 5.56 Å². The van der Waals surface area contributed by atoms with Crippen LogP contribution in [0.2, 0.25) is 0 Å². The van der Waals surface area contributed by atoms with Gasteiger partial charge in [-0.1, -0.05) is 0 Å². The first-order valence-electron chi connectivity index (χ1n) is 3.82. The summed E-state index contributed by atoms with van der Waals surface area (Å²) < 4.78 is 14.0. The molecule has 1 aromatic carbocycles. The molecule has 0 bridgehead atoms. The van der Waals surface area contributed by atoms with Crippen molar-refractivity contribution in [2.75, 3.05) is 0 Å². The molecule has 0 aliphatic rings. The number of carbonyl (C=O) groups excluding carboxylic acids is 1. The summed E-state index contributed by atoms with van der Waals surface area (Å²) >= 11 is 1.26. The van der Waals surface area contributed by atoms with E-state index in [4.69, 9.17) is 5.26 Å². The first-order chi connectivity index (χ1) is 6.76. The van der Waals surface area contributed by atoms with E-state index in [1.165, 1.54) is 11.3 Å². The number of rotatable bonds is 1. The molecule has 0 unspecified atom stereocenters. The maximum absolute atomic E-state index is 13.4.